The molecule has 31 heavy (non-hydrogen) atoms. The van der Waals surface area contributed by atoms with E-state index in [4.69, 9.17) is 4.74 Å². The van der Waals surface area contributed by atoms with Gasteiger partial charge in [-0.3, -0.25) is 9.69 Å². The van der Waals surface area contributed by atoms with Gasteiger partial charge in [-0.25, -0.2) is 0 Å². The summed E-state index contributed by atoms with van der Waals surface area (Å²) in [6, 6.07) is 15.9. The number of rotatable bonds is 11. The molecule has 1 aliphatic heterocycles. The van der Waals surface area contributed by atoms with E-state index in [9.17, 15) is 4.79 Å². The maximum atomic E-state index is 12.3. The third-order valence-electron chi connectivity index (χ3n) is 6.40. The molecule has 5 nitrogen and oxygen atoms in total. The number of benzene rings is 2. The summed E-state index contributed by atoms with van der Waals surface area (Å²) in [6.45, 7) is 7.28. The molecule has 0 aromatic heterocycles. The normalized spacial score (nSPS) is 19.7. The molecule has 1 fully saturated rings. The van der Waals surface area contributed by atoms with Crippen molar-refractivity contribution in [3.8, 4) is 0 Å². The minimum atomic E-state index is 0.167. The van der Waals surface area contributed by atoms with Gasteiger partial charge in [0.25, 0.3) is 0 Å². The first kappa shape index (κ1) is 23.7. The number of ether oxygens (including phenoxy) is 1. The van der Waals surface area contributed by atoms with Crippen LogP contribution in [0.1, 0.15) is 38.2 Å². The molecule has 3 rings (SSSR count). The molecule has 1 aliphatic rings. The SMILES string of the molecule is CCOCCCNC(=O)CC[C@H]1CN(Cc2ccc3ccccc3c2)CC[C@H]1N(C)C. The van der Waals surface area contributed by atoms with Crippen molar-refractivity contribution in [3.05, 3.63) is 48.0 Å². The van der Waals surface area contributed by atoms with Crippen molar-refractivity contribution in [1.29, 1.82) is 0 Å². The second-order valence-corrected chi connectivity index (χ2v) is 8.94. The Morgan fingerprint density at radius 1 is 1.19 bits per heavy atom. The summed E-state index contributed by atoms with van der Waals surface area (Å²) >= 11 is 0. The third-order valence-corrected chi connectivity index (χ3v) is 6.40. The summed E-state index contributed by atoms with van der Waals surface area (Å²) in [6.07, 6.45) is 3.58. The quantitative estimate of drug-likeness (QED) is 0.555. The van der Waals surface area contributed by atoms with Gasteiger partial charge >= 0.3 is 0 Å². The predicted molar refractivity (Wildman–Crippen MR) is 128 cm³/mol. The summed E-state index contributed by atoms with van der Waals surface area (Å²) in [5.74, 6) is 0.680. The number of piperidine rings is 1. The molecule has 0 saturated carbocycles. The molecular formula is C26H39N3O2. The zero-order valence-electron chi connectivity index (χ0n) is 19.5. The van der Waals surface area contributed by atoms with Crippen LogP contribution in [0.15, 0.2) is 42.5 Å². The molecule has 0 aliphatic carbocycles. The van der Waals surface area contributed by atoms with E-state index in [0.717, 1.165) is 45.5 Å². The van der Waals surface area contributed by atoms with Crippen molar-refractivity contribution < 1.29 is 9.53 Å². The van der Waals surface area contributed by atoms with Crippen molar-refractivity contribution in [3.63, 3.8) is 0 Å². The molecular weight excluding hydrogens is 386 g/mol. The zero-order valence-corrected chi connectivity index (χ0v) is 19.5. The van der Waals surface area contributed by atoms with Crippen LogP contribution in [0.5, 0.6) is 0 Å². The van der Waals surface area contributed by atoms with Crippen molar-refractivity contribution in [2.45, 2.75) is 45.2 Å². The largest absolute Gasteiger partial charge is 0.382 e. The number of amides is 1. The predicted octanol–water partition coefficient (Wildman–Crippen LogP) is 3.91. The van der Waals surface area contributed by atoms with Crippen molar-refractivity contribution in [1.82, 2.24) is 15.1 Å². The van der Waals surface area contributed by atoms with Crippen LogP contribution in [-0.2, 0) is 16.1 Å². The topological polar surface area (TPSA) is 44.8 Å². The number of nitrogens with zero attached hydrogens (tertiary/aromatic N) is 2. The first-order chi connectivity index (χ1) is 15.1. The molecule has 2 aromatic rings. The lowest BCUT2D eigenvalue weighted by molar-refractivity contribution is -0.121. The van der Waals surface area contributed by atoms with Crippen LogP contribution in [0.3, 0.4) is 0 Å². The Labute approximate surface area is 187 Å². The summed E-state index contributed by atoms with van der Waals surface area (Å²) < 4.78 is 5.33. The summed E-state index contributed by atoms with van der Waals surface area (Å²) in [5, 5.41) is 5.65. The second kappa shape index (κ2) is 12.2. The zero-order chi connectivity index (χ0) is 22.1. The highest BCUT2D eigenvalue weighted by atomic mass is 16.5. The maximum Gasteiger partial charge on any atom is 0.220 e. The molecule has 0 radical (unpaired) electrons. The average Bonchev–Trinajstić information content (AvgIpc) is 2.77. The van der Waals surface area contributed by atoms with E-state index in [1.54, 1.807) is 0 Å². The van der Waals surface area contributed by atoms with Gasteiger partial charge < -0.3 is 15.0 Å². The number of likely N-dealkylation sites (tertiary alicyclic amines) is 1. The standard InChI is InChI=1S/C26H39N3O2/c1-4-31-17-7-15-27-26(30)13-12-24-20-29(16-14-25(24)28(2)3)19-21-10-11-22-8-5-6-9-23(22)18-21/h5-6,8-11,18,24-25H,4,7,12-17,19-20H2,1-3H3,(H,27,30)/t24-,25+/m0/s1. The molecule has 0 spiro atoms. The number of fused-ring (bicyclic) bond motifs is 1. The van der Waals surface area contributed by atoms with Gasteiger partial charge in [-0.15, -0.1) is 0 Å². The summed E-state index contributed by atoms with van der Waals surface area (Å²) in [7, 11) is 4.34. The van der Waals surface area contributed by atoms with Gasteiger partial charge in [-0.05, 0) is 75.1 Å². The molecule has 1 N–H and O–H groups in total. The Morgan fingerprint density at radius 3 is 2.77 bits per heavy atom. The highest BCUT2D eigenvalue weighted by molar-refractivity contribution is 5.83. The Bertz CT molecular complexity index is 823. The summed E-state index contributed by atoms with van der Waals surface area (Å²) in [5.41, 5.74) is 1.37. The van der Waals surface area contributed by atoms with Gasteiger partial charge in [0, 0.05) is 45.3 Å². The Hall–Kier alpha value is -1.95. The van der Waals surface area contributed by atoms with E-state index < -0.39 is 0 Å². The lowest BCUT2D eigenvalue weighted by atomic mass is 9.87. The van der Waals surface area contributed by atoms with E-state index in [-0.39, 0.29) is 5.91 Å². The molecule has 1 amide bonds. The highest BCUT2D eigenvalue weighted by Gasteiger charge is 2.30. The minimum absolute atomic E-state index is 0.167. The lowest BCUT2D eigenvalue weighted by Gasteiger charge is -2.41. The van der Waals surface area contributed by atoms with Crippen LogP contribution < -0.4 is 5.32 Å². The fraction of sp³-hybridized carbons (Fsp3) is 0.577. The molecule has 2 aromatic carbocycles. The molecule has 2 atom stereocenters. The Balaban J connectivity index is 1.52. The number of hydrogen-bond acceptors (Lipinski definition) is 4. The van der Waals surface area contributed by atoms with Crippen LogP contribution in [0.2, 0.25) is 0 Å². The van der Waals surface area contributed by atoms with Gasteiger partial charge in [-0.1, -0.05) is 36.4 Å². The van der Waals surface area contributed by atoms with Crippen LogP contribution in [-0.4, -0.2) is 68.7 Å². The van der Waals surface area contributed by atoms with Gasteiger partial charge in [0.1, 0.15) is 0 Å². The maximum absolute atomic E-state index is 12.3. The van der Waals surface area contributed by atoms with Crippen LogP contribution in [0.25, 0.3) is 10.8 Å². The molecule has 0 bridgehead atoms. The minimum Gasteiger partial charge on any atom is -0.382 e. The van der Waals surface area contributed by atoms with Crippen LogP contribution >= 0.6 is 0 Å². The Morgan fingerprint density at radius 2 is 2.00 bits per heavy atom. The molecule has 5 heteroatoms. The van der Waals surface area contributed by atoms with Crippen molar-refractivity contribution in [2.24, 2.45) is 5.92 Å². The van der Waals surface area contributed by atoms with Gasteiger partial charge in [0.2, 0.25) is 5.91 Å². The number of carbonyl (C=O) groups is 1. The number of hydrogen-bond donors (Lipinski definition) is 1. The van der Waals surface area contributed by atoms with Crippen molar-refractivity contribution in [2.75, 3.05) is 46.9 Å². The highest BCUT2D eigenvalue weighted by Crippen LogP contribution is 2.26. The van der Waals surface area contributed by atoms with E-state index >= 15 is 0 Å². The van der Waals surface area contributed by atoms with E-state index in [0.29, 0.717) is 31.5 Å². The fourth-order valence-corrected chi connectivity index (χ4v) is 4.75. The number of nitrogens with one attached hydrogen (secondary N) is 1. The molecule has 1 heterocycles. The van der Waals surface area contributed by atoms with Gasteiger partial charge in [0.05, 0.1) is 0 Å². The molecule has 170 valence electrons. The molecule has 0 unspecified atom stereocenters. The average molecular weight is 426 g/mol. The Kier molecular flexibility index (Phi) is 9.31. The van der Waals surface area contributed by atoms with E-state index in [1.807, 2.05) is 6.92 Å². The number of carbonyl (C=O) groups excluding carboxylic acids is 1. The van der Waals surface area contributed by atoms with Gasteiger partial charge in [-0.2, -0.15) is 0 Å². The van der Waals surface area contributed by atoms with Crippen LogP contribution in [0, 0.1) is 5.92 Å². The second-order valence-electron chi connectivity index (χ2n) is 8.94. The van der Waals surface area contributed by atoms with E-state index in [1.165, 1.54) is 16.3 Å². The van der Waals surface area contributed by atoms with E-state index in [2.05, 4.69) is 71.7 Å². The lowest BCUT2D eigenvalue weighted by Crippen LogP contribution is -2.48. The summed E-state index contributed by atoms with van der Waals surface area (Å²) in [4.78, 5) is 17.2. The molecule has 1 saturated heterocycles. The third kappa shape index (κ3) is 7.30. The smallest absolute Gasteiger partial charge is 0.220 e. The fourth-order valence-electron chi connectivity index (χ4n) is 4.75. The van der Waals surface area contributed by atoms with Crippen LogP contribution in [0.4, 0.5) is 0 Å². The first-order valence-electron chi connectivity index (χ1n) is 11.8. The monoisotopic (exact) mass is 425 g/mol. The first-order valence-corrected chi connectivity index (χ1v) is 11.8. The van der Waals surface area contributed by atoms with Gasteiger partial charge in [0.15, 0.2) is 0 Å². The van der Waals surface area contributed by atoms with Crippen molar-refractivity contribution >= 4 is 16.7 Å².